The summed E-state index contributed by atoms with van der Waals surface area (Å²) in [6, 6.07) is 0.495. The largest absolute Gasteiger partial charge is 0.356 e. The first kappa shape index (κ1) is 24.1. The van der Waals surface area contributed by atoms with Crippen LogP contribution in [0.3, 0.4) is 0 Å². The van der Waals surface area contributed by atoms with E-state index in [-0.39, 0.29) is 41.8 Å². The minimum atomic E-state index is 0. The molecule has 2 atom stereocenters. The molecule has 1 aliphatic rings. The van der Waals surface area contributed by atoms with Crippen LogP contribution in [0.25, 0.3) is 0 Å². The van der Waals surface area contributed by atoms with Gasteiger partial charge in [0, 0.05) is 42.9 Å². The van der Waals surface area contributed by atoms with Crippen molar-refractivity contribution >= 4 is 47.2 Å². The van der Waals surface area contributed by atoms with E-state index >= 15 is 0 Å². The fourth-order valence-corrected chi connectivity index (χ4v) is 4.39. The summed E-state index contributed by atoms with van der Waals surface area (Å²) in [4.78, 5) is 22.4. The van der Waals surface area contributed by atoms with Crippen molar-refractivity contribution in [1.82, 2.24) is 20.9 Å². The summed E-state index contributed by atoms with van der Waals surface area (Å²) >= 11 is 1.76. The molecule has 1 aliphatic carbocycles. The summed E-state index contributed by atoms with van der Waals surface area (Å²) in [5.41, 5.74) is 1.13. The van der Waals surface area contributed by atoms with Crippen LogP contribution in [-0.4, -0.2) is 42.5 Å². The van der Waals surface area contributed by atoms with Gasteiger partial charge < -0.3 is 16.0 Å². The summed E-state index contributed by atoms with van der Waals surface area (Å²) in [5.74, 6) is 1.11. The van der Waals surface area contributed by atoms with Crippen molar-refractivity contribution in [2.24, 2.45) is 10.9 Å². The second kappa shape index (κ2) is 11.8. The standard InChI is InChI=1S/C19H33N5OS.HI/c1-12(2)22-18(25)15-7-6-8-16(11-15)24-19(20-5)21-10-9-17-13(3)23-14(4)26-17;/h12,15-16H,6-11H2,1-5H3,(H,22,25)(H2,20,21,24);1H. The Morgan fingerprint density at radius 3 is 2.67 bits per heavy atom. The Labute approximate surface area is 184 Å². The number of carbonyl (C=O) groups is 1. The van der Waals surface area contributed by atoms with Gasteiger partial charge in [-0.25, -0.2) is 4.98 Å². The van der Waals surface area contributed by atoms with E-state index in [0.717, 1.165) is 55.3 Å². The molecule has 1 amide bonds. The van der Waals surface area contributed by atoms with Gasteiger partial charge in [0.1, 0.15) is 0 Å². The molecule has 154 valence electrons. The number of nitrogens with zero attached hydrogens (tertiary/aromatic N) is 2. The highest BCUT2D eigenvalue weighted by Gasteiger charge is 2.27. The van der Waals surface area contributed by atoms with Crippen molar-refractivity contribution in [1.29, 1.82) is 0 Å². The molecule has 0 spiro atoms. The highest BCUT2D eigenvalue weighted by atomic mass is 127. The summed E-state index contributed by atoms with van der Waals surface area (Å²) < 4.78 is 0. The van der Waals surface area contributed by atoms with Gasteiger partial charge in [-0.2, -0.15) is 0 Å². The van der Waals surface area contributed by atoms with Crippen molar-refractivity contribution in [3.8, 4) is 0 Å². The van der Waals surface area contributed by atoms with E-state index in [1.165, 1.54) is 4.88 Å². The molecule has 1 fully saturated rings. The van der Waals surface area contributed by atoms with Crippen LogP contribution in [0, 0.1) is 19.8 Å². The Kier molecular flexibility index (Phi) is 10.6. The Balaban J connectivity index is 0.00000364. The number of nitrogens with one attached hydrogen (secondary N) is 3. The molecule has 1 saturated carbocycles. The SMILES string of the molecule is CN=C(NCCc1sc(C)nc1C)NC1CCCC(C(=O)NC(C)C)C1.I. The zero-order valence-corrected chi connectivity index (χ0v) is 20.2. The molecule has 0 aliphatic heterocycles. The lowest BCUT2D eigenvalue weighted by atomic mass is 9.85. The van der Waals surface area contributed by atoms with Crippen LogP contribution >= 0.6 is 35.3 Å². The van der Waals surface area contributed by atoms with E-state index in [1.54, 1.807) is 18.4 Å². The van der Waals surface area contributed by atoms with Crippen LogP contribution in [0.2, 0.25) is 0 Å². The van der Waals surface area contributed by atoms with Crippen molar-refractivity contribution in [2.45, 2.75) is 71.9 Å². The number of hydrogen-bond donors (Lipinski definition) is 3. The first-order valence-corrected chi connectivity index (χ1v) is 10.4. The summed E-state index contributed by atoms with van der Waals surface area (Å²) in [7, 11) is 1.79. The van der Waals surface area contributed by atoms with Crippen LogP contribution in [0.4, 0.5) is 0 Å². The average molecular weight is 507 g/mol. The molecule has 0 radical (unpaired) electrons. The van der Waals surface area contributed by atoms with Gasteiger partial charge in [0.2, 0.25) is 5.91 Å². The summed E-state index contributed by atoms with van der Waals surface area (Å²) in [5, 5.41) is 11.1. The first-order chi connectivity index (χ1) is 12.4. The van der Waals surface area contributed by atoms with E-state index < -0.39 is 0 Å². The summed E-state index contributed by atoms with van der Waals surface area (Å²) in [6.45, 7) is 8.95. The van der Waals surface area contributed by atoms with Crippen molar-refractivity contribution in [3.05, 3.63) is 15.6 Å². The second-order valence-electron chi connectivity index (χ2n) is 7.36. The van der Waals surface area contributed by atoms with Gasteiger partial charge in [-0.05, 0) is 47.0 Å². The smallest absolute Gasteiger partial charge is 0.223 e. The van der Waals surface area contributed by atoms with Gasteiger partial charge >= 0.3 is 0 Å². The molecule has 2 unspecified atom stereocenters. The van der Waals surface area contributed by atoms with Crippen LogP contribution in [0.5, 0.6) is 0 Å². The highest BCUT2D eigenvalue weighted by Crippen LogP contribution is 2.24. The Morgan fingerprint density at radius 1 is 1.33 bits per heavy atom. The first-order valence-electron chi connectivity index (χ1n) is 9.59. The lowest BCUT2D eigenvalue weighted by Gasteiger charge is -2.30. The van der Waals surface area contributed by atoms with Gasteiger partial charge in [0.15, 0.2) is 5.96 Å². The van der Waals surface area contributed by atoms with Crippen molar-refractivity contribution in [2.75, 3.05) is 13.6 Å². The second-order valence-corrected chi connectivity index (χ2v) is 8.65. The molecule has 0 bridgehead atoms. The molecule has 8 heteroatoms. The number of guanidine groups is 1. The normalized spacial score (nSPS) is 20.1. The van der Waals surface area contributed by atoms with E-state index in [4.69, 9.17) is 0 Å². The molecule has 0 saturated heterocycles. The van der Waals surface area contributed by atoms with Gasteiger partial charge in [-0.15, -0.1) is 35.3 Å². The molecule has 3 N–H and O–H groups in total. The molecular formula is C19H34IN5OS. The molecule has 2 rings (SSSR count). The number of aromatic nitrogens is 1. The van der Waals surface area contributed by atoms with E-state index in [0.29, 0.717) is 6.04 Å². The number of aliphatic imine (C=N–C) groups is 1. The maximum absolute atomic E-state index is 12.3. The Bertz CT molecular complexity index is 632. The lowest BCUT2D eigenvalue weighted by Crippen LogP contribution is -2.47. The maximum Gasteiger partial charge on any atom is 0.223 e. The molecule has 1 heterocycles. The Hall–Kier alpha value is -0.900. The van der Waals surface area contributed by atoms with Crippen molar-refractivity contribution < 1.29 is 4.79 Å². The fraction of sp³-hybridized carbons (Fsp3) is 0.737. The molecule has 1 aromatic rings. The minimum Gasteiger partial charge on any atom is -0.356 e. The Morgan fingerprint density at radius 2 is 2.07 bits per heavy atom. The molecule has 1 aromatic heterocycles. The van der Waals surface area contributed by atoms with Crippen LogP contribution in [-0.2, 0) is 11.2 Å². The molecular weight excluding hydrogens is 473 g/mol. The van der Waals surface area contributed by atoms with E-state index in [2.05, 4.69) is 32.9 Å². The van der Waals surface area contributed by atoms with E-state index in [1.807, 2.05) is 20.8 Å². The van der Waals surface area contributed by atoms with Crippen LogP contribution in [0.1, 0.15) is 55.1 Å². The van der Waals surface area contributed by atoms with Crippen LogP contribution in [0.15, 0.2) is 4.99 Å². The third kappa shape index (κ3) is 7.93. The van der Waals surface area contributed by atoms with Gasteiger partial charge in [0.05, 0.1) is 10.7 Å². The topological polar surface area (TPSA) is 78.4 Å². The zero-order valence-electron chi connectivity index (χ0n) is 17.1. The number of aryl methyl sites for hydroxylation is 2. The van der Waals surface area contributed by atoms with E-state index in [9.17, 15) is 4.79 Å². The quantitative estimate of drug-likeness (QED) is 0.314. The minimum absolute atomic E-state index is 0. The van der Waals surface area contributed by atoms with Gasteiger partial charge in [-0.3, -0.25) is 9.79 Å². The van der Waals surface area contributed by atoms with Gasteiger partial charge in [0.25, 0.3) is 0 Å². The third-order valence-corrected chi connectivity index (χ3v) is 5.82. The monoisotopic (exact) mass is 507 g/mol. The number of rotatable bonds is 6. The predicted molar refractivity (Wildman–Crippen MR) is 124 cm³/mol. The van der Waals surface area contributed by atoms with Gasteiger partial charge in [-0.1, -0.05) is 6.42 Å². The third-order valence-electron chi connectivity index (χ3n) is 4.68. The summed E-state index contributed by atoms with van der Waals surface area (Å²) in [6.07, 6.45) is 4.95. The van der Waals surface area contributed by atoms with Crippen molar-refractivity contribution in [3.63, 3.8) is 0 Å². The molecule has 0 aromatic carbocycles. The molecule has 27 heavy (non-hydrogen) atoms. The van der Waals surface area contributed by atoms with Crippen LogP contribution < -0.4 is 16.0 Å². The lowest BCUT2D eigenvalue weighted by molar-refractivity contribution is -0.126. The fourth-order valence-electron chi connectivity index (χ4n) is 3.45. The maximum atomic E-state index is 12.3. The zero-order chi connectivity index (χ0) is 19.1. The number of thiazole rings is 1. The number of halogens is 1. The highest BCUT2D eigenvalue weighted by molar-refractivity contribution is 14.0. The molecule has 6 nitrogen and oxygen atoms in total. The number of hydrogen-bond acceptors (Lipinski definition) is 4. The number of amides is 1. The predicted octanol–water partition coefficient (Wildman–Crippen LogP) is 3.17. The average Bonchev–Trinajstić information content (AvgIpc) is 2.91. The number of carbonyl (C=O) groups excluding carboxylic acids is 1.